The second-order valence-corrected chi connectivity index (χ2v) is 5.71. The van der Waals surface area contributed by atoms with Gasteiger partial charge < -0.3 is 10.6 Å². The third kappa shape index (κ3) is 4.59. The van der Waals surface area contributed by atoms with E-state index in [0.29, 0.717) is 11.1 Å². The molecule has 1 aliphatic rings. The lowest BCUT2D eigenvalue weighted by atomic mass is 10.1. The van der Waals surface area contributed by atoms with Gasteiger partial charge in [-0.1, -0.05) is 38.2 Å². The molecule has 4 heteroatoms. The highest BCUT2D eigenvalue weighted by molar-refractivity contribution is 5.99. The Kier molecular flexibility index (Phi) is 5.78. The van der Waals surface area contributed by atoms with Crippen molar-refractivity contribution in [2.45, 2.75) is 44.9 Å². The Labute approximate surface area is 126 Å². The summed E-state index contributed by atoms with van der Waals surface area (Å²) in [5.41, 5.74) is 6.23. The Morgan fingerprint density at radius 3 is 1.95 bits per heavy atom. The van der Waals surface area contributed by atoms with E-state index >= 15 is 0 Å². The van der Waals surface area contributed by atoms with E-state index < -0.39 is 5.91 Å². The van der Waals surface area contributed by atoms with Crippen molar-refractivity contribution in [1.29, 1.82) is 0 Å². The minimum atomic E-state index is -0.495. The van der Waals surface area contributed by atoms with E-state index in [1.165, 1.54) is 32.1 Å². The standard InChI is InChI=1S/C17H24N2O2/c18-16(20)14-9-8-10-15(13-14)17(21)19-11-6-4-2-1-3-5-7-12-19/h8-10,13H,1-7,11-12H2,(H2,18,20). The molecule has 0 bridgehead atoms. The quantitative estimate of drug-likeness (QED) is 0.909. The number of nitrogens with zero attached hydrogens (tertiary/aromatic N) is 1. The molecule has 1 saturated heterocycles. The summed E-state index contributed by atoms with van der Waals surface area (Å²) in [5, 5.41) is 0. The first kappa shape index (κ1) is 15.5. The lowest BCUT2D eigenvalue weighted by molar-refractivity contribution is 0.0747. The van der Waals surface area contributed by atoms with Gasteiger partial charge in [0.25, 0.3) is 5.91 Å². The van der Waals surface area contributed by atoms with E-state index in [2.05, 4.69) is 0 Å². The Morgan fingerprint density at radius 2 is 1.38 bits per heavy atom. The van der Waals surface area contributed by atoms with Crippen LogP contribution in [0.15, 0.2) is 24.3 Å². The fourth-order valence-corrected chi connectivity index (χ4v) is 2.79. The zero-order chi connectivity index (χ0) is 15.1. The lowest BCUT2D eigenvalue weighted by Crippen LogP contribution is -2.33. The molecule has 2 rings (SSSR count). The van der Waals surface area contributed by atoms with Crippen LogP contribution in [0.4, 0.5) is 0 Å². The van der Waals surface area contributed by atoms with E-state index in [9.17, 15) is 9.59 Å². The first-order chi connectivity index (χ1) is 10.2. The summed E-state index contributed by atoms with van der Waals surface area (Å²) >= 11 is 0. The summed E-state index contributed by atoms with van der Waals surface area (Å²) in [7, 11) is 0. The number of primary amides is 1. The summed E-state index contributed by atoms with van der Waals surface area (Å²) in [4.78, 5) is 25.8. The van der Waals surface area contributed by atoms with Crippen LogP contribution >= 0.6 is 0 Å². The summed E-state index contributed by atoms with van der Waals surface area (Å²) in [6.07, 6.45) is 8.33. The topological polar surface area (TPSA) is 63.4 Å². The molecule has 0 saturated carbocycles. The highest BCUT2D eigenvalue weighted by atomic mass is 16.2. The van der Waals surface area contributed by atoms with Crippen LogP contribution in [0.1, 0.15) is 65.7 Å². The molecule has 0 unspecified atom stereocenters. The van der Waals surface area contributed by atoms with E-state index in [1.54, 1.807) is 24.3 Å². The molecule has 4 nitrogen and oxygen atoms in total. The fourth-order valence-electron chi connectivity index (χ4n) is 2.79. The predicted octanol–water partition coefficient (Wildman–Crippen LogP) is 2.97. The maximum absolute atomic E-state index is 12.6. The van der Waals surface area contributed by atoms with Gasteiger partial charge in [-0.15, -0.1) is 0 Å². The zero-order valence-corrected chi connectivity index (χ0v) is 12.5. The van der Waals surface area contributed by atoms with Gasteiger partial charge in [-0.2, -0.15) is 0 Å². The lowest BCUT2D eigenvalue weighted by Gasteiger charge is -2.24. The van der Waals surface area contributed by atoms with Gasteiger partial charge >= 0.3 is 0 Å². The van der Waals surface area contributed by atoms with Crippen molar-refractivity contribution in [2.75, 3.05) is 13.1 Å². The van der Waals surface area contributed by atoms with Gasteiger partial charge in [-0.3, -0.25) is 9.59 Å². The van der Waals surface area contributed by atoms with Crippen molar-refractivity contribution in [3.63, 3.8) is 0 Å². The number of hydrogen-bond acceptors (Lipinski definition) is 2. The van der Waals surface area contributed by atoms with Gasteiger partial charge in [0.15, 0.2) is 0 Å². The number of rotatable bonds is 2. The first-order valence-electron chi connectivity index (χ1n) is 7.87. The van der Waals surface area contributed by atoms with E-state index in [0.717, 1.165) is 25.9 Å². The highest BCUT2D eigenvalue weighted by Gasteiger charge is 2.16. The monoisotopic (exact) mass is 288 g/mol. The number of amides is 2. The van der Waals surface area contributed by atoms with Gasteiger partial charge in [-0.25, -0.2) is 0 Å². The zero-order valence-electron chi connectivity index (χ0n) is 12.5. The first-order valence-corrected chi connectivity index (χ1v) is 7.87. The summed E-state index contributed by atoms with van der Waals surface area (Å²) < 4.78 is 0. The molecule has 2 N–H and O–H groups in total. The van der Waals surface area contributed by atoms with Crippen molar-refractivity contribution >= 4 is 11.8 Å². The minimum Gasteiger partial charge on any atom is -0.366 e. The van der Waals surface area contributed by atoms with Gasteiger partial charge in [0.05, 0.1) is 0 Å². The van der Waals surface area contributed by atoms with Gasteiger partial charge in [-0.05, 0) is 31.0 Å². The molecule has 0 atom stereocenters. The largest absolute Gasteiger partial charge is 0.366 e. The summed E-state index contributed by atoms with van der Waals surface area (Å²) in [6, 6.07) is 6.72. The number of carbonyl (C=O) groups excluding carboxylic acids is 2. The molecule has 1 aromatic rings. The predicted molar refractivity (Wildman–Crippen MR) is 83.2 cm³/mol. The molecule has 1 heterocycles. The van der Waals surface area contributed by atoms with Crippen molar-refractivity contribution in [3.05, 3.63) is 35.4 Å². The molecule has 1 aliphatic heterocycles. The van der Waals surface area contributed by atoms with E-state index in [1.807, 2.05) is 4.90 Å². The number of carbonyl (C=O) groups is 2. The smallest absolute Gasteiger partial charge is 0.253 e. The fraction of sp³-hybridized carbons (Fsp3) is 0.529. The van der Waals surface area contributed by atoms with Crippen molar-refractivity contribution in [1.82, 2.24) is 4.90 Å². The van der Waals surface area contributed by atoms with Crippen molar-refractivity contribution in [2.24, 2.45) is 5.73 Å². The van der Waals surface area contributed by atoms with Crippen LogP contribution in [0.2, 0.25) is 0 Å². The summed E-state index contributed by atoms with van der Waals surface area (Å²) in [5.74, 6) is -0.482. The molecule has 1 aromatic carbocycles. The van der Waals surface area contributed by atoms with Gasteiger partial charge in [0, 0.05) is 24.2 Å². The van der Waals surface area contributed by atoms with Crippen LogP contribution in [0.25, 0.3) is 0 Å². The second kappa shape index (κ2) is 7.81. The average Bonchev–Trinajstić information content (AvgIpc) is 2.52. The van der Waals surface area contributed by atoms with Crippen LogP contribution in [0, 0.1) is 0 Å². The number of benzene rings is 1. The molecule has 0 aromatic heterocycles. The second-order valence-electron chi connectivity index (χ2n) is 5.71. The maximum Gasteiger partial charge on any atom is 0.253 e. The summed E-state index contributed by atoms with van der Waals surface area (Å²) in [6.45, 7) is 1.61. The van der Waals surface area contributed by atoms with E-state index in [4.69, 9.17) is 5.73 Å². The SMILES string of the molecule is NC(=O)c1cccc(C(=O)N2CCCCCCCCC2)c1. The van der Waals surface area contributed by atoms with Crippen LogP contribution in [-0.2, 0) is 0 Å². The Balaban J connectivity index is 2.08. The molecule has 114 valence electrons. The highest BCUT2D eigenvalue weighted by Crippen LogP contribution is 2.15. The molecule has 0 aliphatic carbocycles. The minimum absolute atomic E-state index is 0.0127. The molecular formula is C17H24N2O2. The van der Waals surface area contributed by atoms with E-state index in [-0.39, 0.29) is 5.91 Å². The molecule has 2 amide bonds. The van der Waals surface area contributed by atoms with Crippen LogP contribution in [0.3, 0.4) is 0 Å². The molecular weight excluding hydrogens is 264 g/mol. The van der Waals surface area contributed by atoms with Crippen LogP contribution in [-0.4, -0.2) is 29.8 Å². The third-order valence-corrected chi connectivity index (χ3v) is 4.04. The van der Waals surface area contributed by atoms with Gasteiger partial charge in [0.2, 0.25) is 5.91 Å². The Hall–Kier alpha value is -1.84. The van der Waals surface area contributed by atoms with Gasteiger partial charge in [0.1, 0.15) is 0 Å². The Bertz CT molecular complexity index is 489. The Morgan fingerprint density at radius 1 is 0.857 bits per heavy atom. The molecule has 0 radical (unpaired) electrons. The maximum atomic E-state index is 12.6. The number of hydrogen-bond donors (Lipinski definition) is 1. The van der Waals surface area contributed by atoms with Crippen LogP contribution < -0.4 is 5.73 Å². The normalized spacial score (nSPS) is 17.2. The van der Waals surface area contributed by atoms with Crippen LogP contribution in [0.5, 0.6) is 0 Å². The third-order valence-electron chi connectivity index (χ3n) is 4.04. The average molecular weight is 288 g/mol. The molecule has 21 heavy (non-hydrogen) atoms. The van der Waals surface area contributed by atoms with Crippen molar-refractivity contribution < 1.29 is 9.59 Å². The molecule has 0 spiro atoms. The number of nitrogens with two attached hydrogens (primary N) is 1. The molecule has 1 fully saturated rings. The van der Waals surface area contributed by atoms with Crippen molar-refractivity contribution in [3.8, 4) is 0 Å².